The number of aromatic nitrogens is 4. The molecule has 1 atom stereocenters. The van der Waals surface area contributed by atoms with Gasteiger partial charge in [-0.05, 0) is 26.7 Å². The maximum Gasteiger partial charge on any atom is 0.307 e. The van der Waals surface area contributed by atoms with Crippen molar-refractivity contribution in [1.82, 2.24) is 24.9 Å². The predicted octanol–water partition coefficient (Wildman–Crippen LogP) is 2.42. The molecule has 1 amide bonds. The molecule has 0 aliphatic carbocycles. The zero-order chi connectivity index (χ0) is 18.6. The molecule has 0 radical (unpaired) electrons. The van der Waals surface area contributed by atoms with Crippen molar-refractivity contribution >= 4 is 23.2 Å². The Labute approximate surface area is 150 Å². The van der Waals surface area contributed by atoms with Crippen molar-refractivity contribution in [2.45, 2.75) is 46.2 Å². The van der Waals surface area contributed by atoms with Crippen molar-refractivity contribution in [2.75, 3.05) is 6.54 Å². The van der Waals surface area contributed by atoms with E-state index in [0.29, 0.717) is 31.0 Å². The van der Waals surface area contributed by atoms with E-state index in [2.05, 4.69) is 15.5 Å². The number of carbonyl (C=O) groups is 1. The van der Waals surface area contributed by atoms with Crippen LogP contribution in [0.15, 0.2) is 12.4 Å². The van der Waals surface area contributed by atoms with Gasteiger partial charge in [-0.25, -0.2) is 0 Å². The highest BCUT2D eigenvalue weighted by Crippen LogP contribution is 2.19. The monoisotopic (exact) mass is 368 g/mol. The number of nitro groups is 1. The molecule has 2 aromatic heterocycles. The minimum Gasteiger partial charge on any atom is -0.354 e. The second-order valence-electron chi connectivity index (χ2n) is 5.71. The summed E-state index contributed by atoms with van der Waals surface area (Å²) in [4.78, 5) is 22.5. The van der Waals surface area contributed by atoms with Gasteiger partial charge in [0.25, 0.3) is 0 Å². The fraction of sp³-hybridized carbons (Fsp3) is 0.533. The van der Waals surface area contributed by atoms with Gasteiger partial charge in [0.2, 0.25) is 5.91 Å². The van der Waals surface area contributed by atoms with Crippen LogP contribution in [0.3, 0.4) is 0 Å². The summed E-state index contributed by atoms with van der Waals surface area (Å²) < 4.78 is 3.15. The number of halogens is 1. The molecule has 2 aromatic rings. The summed E-state index contributed by atoms with van der Waals surface area (Å²) in [6.45, 7) is 6.69. The Morgan fingerprint density at radius 3 is 2.72 bits per heavy atom. The van der Waals surface area contributed by atoms with Crippen molar-refractivity contribution in [3.8, 4) is 0 Å². The first-order chi connectivity index (χ1) is 11.8. The van der Waals surface area contributed by atoms with E-state index >= 15 is 0 Å². The Kier molecular flexibility index (Phi) is 6.13. The lowest BCUT2D eigenvalue weighted by atomic mass is 10.2. The van der Waals surface area contributed by atoms with Gasteiger partial charge in [0.05, 0.1) is 21.3 Å². The molecular formula is C15H21ClN6O3. The fourth-order valence-corrected chi connectivity index (χ4v) is 2.67. The van der Waals surface area contributed by atoms with Crippen molar-refractivity contribution in [3.63, 3.8) is 0 Å². The minimum atomic E-state index is -0.572. The normalized spacial score (nSPS) is 12.2. The Bertz CT molecular complexity index is 769. The summed E-state index contributed by atoms with van der Waals surface area (Å²) in [5.74, 6) is -0.216. The predicted molar refractivity (Wildman–Crippen MR) is 92.5 cm³/mol. The average molecular weight is 369 g/mol. The van der Waals surface area contributed by atoms with E-state index in [9.17, 15) is 14.9 Å². The molecule has 2 rings (SSSR count). The first-order valence-corrected chi connectivity index (χ1v) is 8.38. The fourth-order valence-electron chi connectivity index (χ4n) is 2.54. The molecule has 0 aromatic carbocycles. The van der Waals surface area contributed by atoms with E-state index < -0.39 is 11.0 Å². The standard InChI is InChI=1S/C15H21ClN6O3/c1-4-13(21-9-12(8-18-21)22(24)25)15(23)17-6-5-7-20-11(3)14(16)10(2)19-20/h8-9,13H,4-7H2,1-3H3,(H,17,23). The summed E-state index contributed by atoms with van der Waals surface area (Å²) in [6, 6.07) is -0.572. The molecule has 9 nitrogen and oxygen atoms in total. The van der Waals surface area contributed by atoms with Crippen molar-refractivity contribution in [1.29, 1.82) is 0 Å². The number of hydrogen-bond donors (Lipinski definition) is 1. The van der Waals surface area contributed by atoms with Crippen molar-refractivity contribution in [3.05, 3.63) is 38.9 Å². The van der Waals surface area contributed by atoms with Gasteiger partial charge in [0.15, 0.2) is 0 Å². The number of nitrogens with one attached hydrogen (secondary N) is 1. The van der Waals surface area contributed by atoms with Crippen LogP contribution >= 0.6 is 11.6 Å². The SMILES string of the molecule is CCC(C(=O)NCCCn1nc(C)c(Cl)c1C)n1cc([N+](=O)[O-])cn1. The van der Waals surface area contributed by atoms with Crippen LogP contribution in [-0.4, -0.2) is 36.9 Å². The zero-order valence-corrected chi connectivity index (χ0v) is 15.2. The van der Waals surface area contributed by atoms with Gasteiger partial charge >= 0.3 is 5.69 Å². The highest BCUT2D eigenvalue weighted by atomic mass is 35.5. The molecule has 0 spiro atoms. The topological polar surface area (TPSA) is 108 Å². The lowest BCUT2D eigenvalue weighted by molar-refractivity contribution is -0.385. The Morgan fingerprint density at radius 1 is 1.48 bits per heavy atom. The molecule has 0 bridgehead atoms. The number of hydrogen-bond acceptors (Lipinski definition) is 5. The highest BCUT2D eigenvalue weighted by Gasteiger charge is 2.21. The Balaban J connectivity index is 1.87. The maximum atomic E-state index is 12.3. The molecule has 0 saturated carbocycles. The van der Waals surface area contributed by atoms with E-state index in [1.54, 1.807) is 0 Å². The van der Waals surface area contributed by atoms with Crippen LogP contribution in [-0.2, 0) is 11.3 Å². The molecule has 0 fully saturated rings. The van der Waals surface area contributed by atoms with E-state index in [0.717, 1.165) is 17.6 Å². The minimum absolute atomic E-state index is 0.132. The maximum absolute atomic E-state index is 12.3. The second-order valence-corrected chi connectivity index (χ2v) is 6.09. The van der Waals surface area contributed by atoms with Gasteiger partial charge in [-0.15, -0.1) is 0 Å². The number of nitrogens with zero attached hydrogens (tertiary/aromatic N) is 5. The lowest BCUT2D eigenvalue weighted by Crippen LogP contribution is -2.33. The first-order valence-electron chi connectivity index (χ1n) is 8.00. The molecule has 0 aliphatic heterocycles. The van der Waals surface area contributed by atoms with Crippen LogP contribution in [0, 0.1) is 24.0 Å². The van der Waals surface area contributed by atoms with E-state index in [-0.39, 0.29) is 11.6 Å². The molecule has 25 heavy (non-hydrogen) atoms. The van der Waals surface area contributed by atoms with E-state index in [1.165, 1.54) is 10.9 Å². The smallest absolute Gasteiger partial charge is 0.307 e. The van der Waals surface area contributed by atoms with Crippen molar-refractivity contribution < 1.29 is 9.72 Å². The molecule has 0 saturated heterocycles. The van der Waals surface area contributed by atoms with E-state index in [1.807, 2.05) is 25.5 Å². The first kappa shape index (κ1) is 18.9. The van der Waals surface area contributed by atoms with Crippen LogP contribution < -0.4 is 5.32 Å². The molecule has 0 aliphatic rings. The average Bonchev–Trinajstić information content (AvgIpc) is 3.14. The van der Waals surface area contributed by atoms with Crippen LogP contribution in [0.1, 0.15) is 37.2 Å². The van der Waals surface area contributed by atoms with Crippen LogP contribution in [0.25, 0.3) is 0 Å². The number of amides is 1. The Hall–Kier alpha value is -2.42. The van der Waals surface area contributed by atoms with Crippen LogP contribution in [0.2, 0.25) is 5.02 Å². The van der Waals surface area contributed by atoms with Gasteiger partial charge in [-0.1, -0.05) is 18.5 Å². The molecule has 2 heterocycles. The van der Waals surface area contributed by atoms with Gasteiger partial charge in [-0.2, -0.15) is 10.2 Å². The number of carbonyl (C=O) groups excluding carboxylic acids is 1. The quantitative estimate of drug-likeness (QED) is 0.437. The third-order valence-electron chi connectivity index (χ3n) is 3.95. The van der Waals surface area contributed by atoms with Gasteiger partial charge in [0.1, 0.15) is 18.4 Å². The van der Waals surface area contributed by atoms with Crippen LogP contribution in [0.4, 0.5) is 5.69 Å². The molecule has 1 unspecified atom stereocenters. The summed E-state index contributed by atoms with van der Waals surface area (Å²) in [6.07, 6.45) is 3.59. The molecule has 136 valence electrons. The van der Waals surface area contributed by atoms with Gasteiger partial charge in [0, 0.05) is 13.1 Å². The zero-order valence-electron chi connectivity index (χ0n) is 14.4. The van der Waals surface area contributed by atoms with Crippen molar-refractivity contribution in [2.24, 2.45) is 0 Å². The van der Waals surface area contributed by atoms with E-state index in [4.69, 9.17) is 11.6 Å². The third-order valence-corrected chi connectivity index (χ3v) is 4.49. The summed E-state index contributed by atoms with van der Waals surface area (Å²) >= 11 is 6.10. The number of aryl methyl sites for hydroxylation is 2. The summed E-state index contributed by atoms with van der Waals surface area (Å²) in [5, 5.41) is 22.5. The van der Waals surface area contributed by atoms with Gasteiger partial charge in [-0.3, -0.25) is 24.3 Å². The number of rotatable bonds is 8. The van der Waals surface area contributed by atoms with Crippen LogP contribution in [0.5, 0.6) is 0 Å². The van der Waals surface area contributed by atoms with Gasteiger partial charge < -0.3 is 5.32 Å². The molecule has 10 heteroatoms. The Morgan fingerprint density at radius 2 is 2.20 bits per heavy atom. The lowest BCUT2D eigenvalue weighted by Gasteiger charge is -2.15. The largest absolute Gasteiger partial charge is 0.354 e. The molecular weight excluding hydrogens is 348 g/mol. The molecule has 1 N–H and O–H groups in total. The summed E-state index contributed by atoms with van der Waals surface area (Å²) in [7, 11) is 0. The summed E-state index contributed by atoms with van der Waals surface area (Å²) in [5.41, 5.74) is 1.56. The second kappa shape index (κ2) is 8.11. The third kappa shape index (κ3) is 4.36. The highest BCUT2D eigenvalue weighted by molar-refractivity contribution is 6.31.